The quantitative estimate of drug-likeness (QED) is 0.500. The SMILES string of the molecule is COc1cc2c(cc1O)c(C(F)(F)F)cc(Cl)[n+]2[O-]. The largest absolute Gasteiger partial charge is 0.617 e. The first-order valence-electron chi connectivity index (χ1n) is 4.95. The van der Waals surface area contributed by atoms with Crippen LogP contribution < -0.4 is 9.47 Å². The summed E-state index contributed by atoms with van der Waals surface area (Å²) in [5.74, 6) is -0.615. The van der Waals surface area contributed by atoms with E-state index in [1.165, 1.54) is 7.11 Å². The number of rotatable bonds is 1. The fourth-order valence-corrected chi connectivity index (χ4v) is 1.91. The number of phenolic OH excluding ortho intramolecular Hbond substituents is 1. The highest BCUT2D eigenvalue weighted by Gasteiger charge is 2.36. The van der Waals surface area contributed by atoms with Gasteiger partial charge in [0.15, 0.2) is 11.5 Å². The van der Waals surface area contributed by atoms with Crippen LogP contribution in [0.15, 0.2) is 18.2 Å². The maximum Gasteiger partial charge on any atom is 0.417 e. The van der Waals surface area contributed by atoms with Crippen LogP contribution in [-0.2, 0) is 6.18 Å². The number of pyridine rings is 1. The number of phenols is 1. The van der Waals surface area contributed by atoms with Gasteiger partial charge in [0.25, 0.3) is 5.15 Å². The van der Waals surface area contributed by atoms with E-state index in [1.54, 1.807) is 0 Å². The summed E-state index contributed by atoms with van der Waals surface area (Å²) >= 11 is 5.48. The standard InChI is InChI=1S/C11H7ClF3NO3/c1-19-9-4-7-5(2-8(9)17)6(11(13,14)15)3-10(12)16(7)18/h2-4,17H,1H3. The Morgan fingerprint density at radius 3 is 2.47 bits per heavy atom. The number of alkyl halides is 3. The van der Waals surface area contributed by atoms with E-state index in [-0.39, 0.29) is 16.0 Å². The van der Waals surface area contributed by atoms with Crippen molar-refractivity contribution in [1.29, 1.82) is 0 Å². The van der Waals surface area contributed by atoms with Crippen LogP contribution in [-0.4, -0.2) is 12.2 Å². The Hall–Kier alpha value is -1.89. The predicted octanol–water partition coefficient (Wildman–Crippen LogP) is 2.86. The van der Waals surface area contributed by atoms with Gasteiger partial charge in [0.2, 0.25) is 5.52 Å². The number of aromatic nitrogens is 1. The highest BCUT2D eigenvalue weighted by atomic mass is 35.5. The van der Waals surface area contributed by atoms with Crippen LogP contribution >= 0.6 is 11.6 Å². The lowest BCUT2D eigenvalue weighted by Gasteiger charge is -2.13. The molecule has 0 atom stereocenters. The fraction of sp³-hybridized carbons (Fsp3) is 0.182. The first-order chi connectivity index (χ1) is 8.75. The summed E-state index contributed by atoms with van der Waals surface area (Å²) < 4.78 is 43.5. The van der Waals surface area contributed by atoms with Crippen molar-refractivity contribution in [3.63, 3.8) is 0 Å². The Morgan fingerprint density at radius 1 is 1.32 bits per heavy atom. The van der Waals surface area contributed by atoms with Gasteiger partial charge in [0.05, 0.1) is 24.1 Å². The molecule has 102 valence electrons. The molecule has 0 aliphatic carbocycles. The molecule has 4 nitrogen and oxygen atoms in total. The van der Waals surface area contributed by atoms with E-state index >= 15 is 0 Å². The third-order valence-corrected chi connectivity index (χ3v) is 2.83. The van der Waals surface area contributed by atoms with Crippen LogP contribution in [0.3, 0.4) is 0 Å². The van der Waals surface area contributed by atoms with Crippen molar-refractivity contribution in [3.8, 4) is 11.5 Å². The molecule has 1 aromatic heterocycles. The average molecular weight is 294 g/mol. The molecule has 19 heavy (non-hydrogen) atoms. The number of nitrogens with zero attached hydrogens (tertiary/aromatic N) is 1. The maximum atomic E-state index is 12.9. The van der Waals surface area contributed by atoms with E-state index in [9.17, 15) is 23.5 Å². The summed E-state index contributed by atoms with van der Waals surface area (Å²) in [6.07, 6.45) is -4.70. The zero-order valence-electron chi connectivity index (χ0n) is 9.45. The summed E-state index contributed by atoms with van der Waals surface area (Å²) in [6.45, 7) is 0. The lowest BCUT2D eigenvalue weighted by molar-refractivity contribution is -0.574. The van der Waals surface area contributed by atoms with Crippen LogP contribution in [0, 0.1) is 5.21 Å². The van der Waals surface area contributed by atoms with E-state index in [0.717, 1.165) is 12.1 Å². The zero-order chi connectivity index (χ0) is 14.4. The highest BCUT2D eigenvalue weighted by Crippen LogP contribution is 2.39. The van der Waals surface area contributed by atoms with Crippen LogP contribution in [0.2, 0.25) is 5.15 Å². The van der Waals surface area contributed by atoms with Crippen molar-refractivity contribution in [1.82, 2.24) is 0 Å². The van der Waals surface area contributed by atoms with Crippen molar-refractivity contribution in [2.45, 2.75) is 6.18 Å². The minimum absolute atomic E-state index is 0.118. The van der Waals surface area contributed by atoms with Crippen molar-refractivity contribution in [2.75, 3.05) is 7.11 Å². The van der Waals surface area contributed by atoms with Gasteiger partial charge in [0.1, 0.15) is 0 Å². The van der Waals surface area contributed by atoms with Gasteiger partial charge in [-0.2, -0.15) is 17.9 Å². The molecule has 1 N–H and O–H groups in total. The molecular formula is C11H7ClF3NO3. The molecular weight excluding hydrogens is 287 g/mol. The second-order valence-corrected chi connectivity index (χ2v) is 4.10. The van der Waals surface area contributed by atoms with Gasteiger partial charge < -0.3 is 15.1 Å². The second-order valence-electron chi connectivity index (χ2n) is 3.71. The molecule has 0 unspecified atom stereocenters. The summed E-state index contributed by atoms with van der Waals surface area (Å²) in [7, 11) is 1.21. The first kappa shape index (κ1) is 13.5. The lowest BCUT2D eigenvalue weighted by Crippen LogP contribution is -2.30. The van der Waals surface area contributed by atoms with E-state index < -0.39 is 28.0 Å². The fourth-order valence-electron chi connectivity index (χ4n) is 1.71. The average Bonchev–Trinajstić information content (AvgIpc) is 2.32. The van der Waals surface area contributed by atoms with Crippen molar-refractivity contribution >= 4 is 22.5 Å². The topological polar surface area (TPSA) is 56.4 Å². The molecule has 2 rings (SSSR count). The third-order valence-electron chi connectivity index (χ3n) is 2.57. The van der Waals surface area contributed by atoms with Crippen LogP contribution in [0.4, 0.5) is 13.2 Å². The molecule has 0 saturated carbocycles. The Morgan fingerprint density at radius 2 is 1.95 bits per heavy atom. The Labute approximate surface area is 110 Å². The number of aromatic hydroxyl groups is 1. The van der Waals surface area contributed by atoms with Crippen LogP contribution in [0.1, 0.15) is 5.56 Å². The molecule has 1 heterocycles. The highest BCUT2D eigenvalue weighted by molar-refractivity contribution is 6.28. The molecule has 0 amide bonds. The van der Waals surface area contributed by atoms with Gasteiger partial charge in [-0.1, -0.05) is 0 Å². The van der Waals surface area contributed by atoms with E-state index in [2.05, 4.69) is 0 Å². The molecule has 1 aromatic carbocycles. The minimum atomic E-state index is -4.70. The summed E-state index contributed by atoms with van der Waals surface area (Å²) in [5.41, 5.74) is -1.44. The molecule has 0 spiro atoms. The van der Waals surface area contributed by atoms with Crippen LogP contribution in [0.5, 0.6) is 11.5 Å². The molecule has 2 aromatic rings. The normalized spacial score (nSPS) is 11.8. The first-order valence-corrected chi connectivity index (χ1v) is 5.33. The minimum Gasteiger partial charge on any atom is -0.617 e. The molecule has 0 aliphatic heterocycles. The third kappa shape index (κ3) is 2.21. The summed E-state index contributed by atoms with van der Waals surface area (Å²) in [6, 6.07) is 2.34. The smallest absolute Gasteiger partial charge is 0.417 e. The van der Waals surface area contributed by atoms with Gasteiger partial charge >= 0.3 is 6.18 Å². The van der Waals surface area contributed by atoms with Crippen LogP contribution in [0.25, 0.3) is 10.9 Å². The van der Waals surface area contributed by atoms with Crippen molar-refractivity contribution in [2.24, 2.45) is 0 Å². The lowest BCUT2D eigenvalue weighted by atomic mass is 10.1. The number of hydrogen-bond donors (Lipinski definition) is 1. The number of hydrogen-bond acceptors (Lipinski definition) is 3. The van der Waals surface area contributed by atoms with Gasteiger partial charge in [0, 0.05) is 6.07 Å². The van der Waals surface area contributed by atoms with Gasteiger partial charge in [-0.05, 0) is 17.7 Å². The molecule has 0 saturated heterocycles. The van der Waals surface area contributed by atoms with E-state index in [4.69, 9.17) is 16.3 Å². The van der Waals surface area contributed by atoms with E-state index in [0.29, 0.717) is 6.07 Å². The Balaban J connectivity index is 2.93. The van der Waals surface area contributed by atoms with Gasteiger partial charge in [-0.25, -0.2) is 0 Å². The Bertz CT molecular complexity index is 658. The number of fused-ring (bicyclic) bond motifs is 1. The number of ether oxygens (including phenoxy) is 1. The van der Waals surface area contributed by atoms with E-state index in [1.807, 2.05) is 0 Å². The Kier molecular flexibility index (Phi) is 3.09. The summed E-state index contributed by atoms with van der Waals surface area (Å²) in [5, 5.41) is 20.1. The van der Waals surface area contributed by atoms with Crippen molar-refractivity contribution < 1.29 is 27.7 Å². The monoisotopic (exact) mass is 293 g/mol. The maximum absolute atomic E-state index is 12.9. The molecule has 0 bridgehead atoms. The molecule has 8 heteroatoms. The number of halogens is 4. The predicted molar refractivity (Wildman–Crippen MR) is 61.1 cm³/mol. The van der Waals surface area contributed by atoms with Gasteiger partial charge in [-0.15, -0.1) is 0 Å². The molecule has 0 fully saturated rings. The molecule has 0 radical (unpaired) electrons. The number of methoxy groups -OCH3 is 1. The summed E-state index contributed by atoms with van der Waals surface area (Å²) in [4.78, 5) is 0. The number of benzene rings is 1. The second kappa shape index (κ2) is 4.34. The zero-order valence-corrected chi connectivity index (χ0v) is 10.2. The molecule has 0 aliphatic rings. The van der Waals surface area contributed by atoms with Crippen molar-refractivity contribution in [3.05, 3.63) is 34.1 Å². The van der Waals surface area contributed by atoms with Gasteiger partial charge in [-0.3, -0.25) is 0 Å².